The fourth-order valence-corrected chi connectivity index (χ4v) is 2.82. The maximum atomic E-state index is 12.1. The lowest BCUT2D eigenvalue weighted by Crippen LogP contribution is -2.68. The number of hydrogen-bond donors (Lipinski definition) is 4. The van der Waals surface area contributed by atoms with Crippen molar-refractivity contribution in [1.29, 1.82) is 0 Å². The molecule has 0 aromatic heterocycles. The Hall–Kier alpha value is -3.16. The smallest absolute Gasteiger partial charge is 0.309 e. The van der Waals surface area contributed by atoms with E-state index in [0.717, 1.165) is 0 Å². The van der Waals surface area contributed by atoms with Gasteiger partial charge < -0.3 is 36.2 Å². The van der Waals surface area contributed by atoms with Crippen molar-refractivity contribution in [2.24, 2.45) is 0 Å². The van der Waals surface area contributed by atoms with Gasteiger partial charge in [0.15, 0.2) is 0 Å². The van der Waals surface area contributed by atoms with Crippen LogP contribution in [0.1, 0.15) is 12.8 Å². The summed E-state index contributed by atoms with van der Waals surface area (Å²) in [5.41, 5.74) is 3.49. The van der Waals surface area contributed by atoms with Gasteiger partial charge in [-0.05, 0) is 12.1 Å². The normalized spacial score (nSPS) is 12.3. The second-order valence-electron chi connectivity index (χ2n) is 5.99. The monoisotopic (exact) mass is 441 g/mol. The van der Waals surface area contributed by atoms with Gasteiger partial charge >= 0.3 is 5.24 Å². The van der Waals surface area contributed by atoms with Gasteiger partial charge in [0, 0.05) is 18.6 Å². The topological polar surface area (TPSA) is 207 Å². The first kappa shape index (κ1) is 24.9. The van der Waals surface area contributed by atoms with Crippen LogP contribution in [-0.2, 0) is 19.2 Å². The summed E-state index contributed by atoms with van der Waals surface area (Å²) in [5, 5.41) is 34.9. The SMILES string of the molecule is [NH3+]C(CCC(=O)NC(CSC(=O)N(O)c1ccccc1)C(=O)NCC(=O)[O-])C(=O)[O-]. The predicted octanol–water partition coefficient (Wildman–Crippen LogP) is -3.77. The summed E-state index contributed by atoms with van der Waals surface area (Å²) >= 11 is 0.503. The molecule has 0 radical (unpaired) electrons. The van der Waals surface area contributed by atoms with Gasteiger partial charge in [0.2, 0.25) is 11.8 Å². The second-order valence-corrected chi connectivity index (χ2v) is 6.96. The first-order chi connectivity index (χ1) is 14.1. The van der Waals surface area contributed by atoms with Crippen LogP contribution in [0.25, 0.3) is 0 Å². The van der Waals surface area contributed by atoms with E-state index in [1.54, 1.807) is 18.2 Å². The zero-order chi connectivity index (χ0) is 22.7. The number of thioether (sulfide) groups is 1. The van der Waals surface area contributed by atoms with E-state index in [0.29, 0.717) is 16.8 Å². The van der Waals surface area contributed by atoms with Crippen LogP contribution in [-0.4, -0.2) is 58.6 Å². The Morgan fingerprint density at radius 1 is 1.13 bits per heavy atom. The number of benzene rings is 1. The van der Waals surface area contributed by atoms with Crippen LogP contribution in [0.2, 0.25) is 0 Å². The molecule has 1 rings (SSSR count). The number of aliphatic carboxylic acids is 2. The number of carboxylic acid groups (broad SMARTS) is 2. The van der Waals surface area contributed by atoms with E-state index in [1.807, 2.05) is 5.32 Å². The molecule has 1 aromatic rings. The minimum atomic E-state index is -1.56. The van der Waals surface area contributed by atoms with Crippen molar-refractivity contribution in [2.45, 2.75) is 24.9 Å². The van der Waals surface area contributed by atoms with Gasteiger partial charge in [-0.15, -0.1) is 0 Å². The van der Waals surface area contributed by atoms with Gasteiger partial charge in [0.25, 0.3) is 0 Å². The largest absolute Gasteiger partial charge is 0.548 e. The number of quaternary nitrogens is 1. The average Bonchev–Trinajstić information content (AvgIpc) is 2.72. The molecule has 0 saturated heterocycles. The van der Waals surface area contributed by atoms with Gasteiger partial charge in [0.1, 0.15) is 12.1 Å². The first-order valence-electron chi connectivity index (χ1n) is 8.63. The van der Waals surface area contributed by atoms with Crippen LogP contribution in [0.5, 0.6) is 0 Å². The van der Waals surface area contributed by atoms with Crippen molar-refractivity contribution < 1.29 is 45.1 Å². The second kappa shape index (κ2) is 12.4. The third-order valence-electron chi connectivity index (χ3n) is 3.66. The molecule has 0 aliphatic carbocycles. The van der Waals surface area contributed by atoms with Crippen LogP contribution in [0.15, 0.2) is 30.3 Å². The van der Waals surface area contributed by atoms with Crippen LogP contribution in [0.3, 0.4) is 0 Å². The van der Waals surface area contributed by atoms with E-state index in [2.05, 4.69) is 11.1 Å². The molecule has 0 bridgehead atoms. The number of amides is 3. The van der Waals surface area contributed by atoms with E-state index in [1.165, 1.54) is 12.1 Å². The van der Waals surface area contributed by atoms with Crippen LogP contribution in [0.4, 0.5) is 10.5 Å². The van der Waals surface area contributed by atoms with Crippen molar-refractivity contribution in [1.82, 2.24) is 10.6 Å². The highest BCUT2D eigenvalue weighted by Gasteiger charge is 2.24. The number of anilines is 1. The van der Waals surface area contributed by atoms with Crippen molar-refractivity contribution in [3.63, 3.8) is 0 Å². The van der Waals surface area contributed by atoms with Crippen LogP contribution < -0.4 is 31.6 Å². The molecule has 0 fully saturated rings. The van der Waals surface area contributed by atoms with E-state index in [4.69, 9.17) is 0 Å². The van der Waals surface area contributed by atoms with Crippen molar-refractivity contribution in [2.75, 3.05) is 17.4 Å². The minimum absolute atomic E-state index is 0.147. The summed E-state index contributed by atoms with van der Waals surface area (Å²) in [5.74, 6) is -4.94. The molecule has 12 nitrogen and oxygen atoms in total. The third-order valence-corrected chi connectivity index (χ3v) is 4.58. The minimum Gasteiger partial charge on any atom is -0.548 e. The lowest BCUT2D eigenvalue weighted by atomic mass is 10.1. The maximum Gasteiger partial charge on any atom is 0.309 e. The Morgan fingerprint density at radius 2 is 1.77 bits per heavy atom. The van der Waals surface area contributed by atoms with Crippen LogP contribution >= 0.6 is 11.8 Å². The van der Waals surface area contributed by atoms with Gasteiger partial charge in [-0.25, -0.2) is 0 Å². The maximum absolute atomic E-state index is 12.1. The third kappa shape index (κ3) is 8.89. The van der Waals surface area contributed by atoms with Crippen molar-refractivity contribution >= 4 is 46.4 Å². The number of para-hydroxylation sites is 1. The van der Waals surface area contributed by atoms with Gasteiger partial charge in [-0.2, -0.15) is 5.06 Å². The van der Waals surface area contributed by atoms with Crippen LogP contribution in [0, 0.1) is 0 Å². The highest BCUT2D eigenvalue weighted by Crippen LogP contribution is 2.17. The molecule has 0 aliphatic rings. The lowest BCUT2D eigenvalue weighted by molar-refractivity contribution is -0.438. The molecule has 0 spiro atoms. The number of nitrogens with zero attached hydrogens (tertiary/aromatic N) is 1. The molecule has 0 saturated carbocycles. The number of hydrogen-bond acceptors (Lipinski definition) is 9. The summed E-state index contributed by atoms with van der Waals surface area (Å²) in [6.45, 7) is -0.814. The summed E-state index contributed by atoms with van der Waals surface area (Å²) in [6, 6.07) is 5.34. The zero-order valence-electron chi connectivity index (χ0n) is 15.7. The van der Waals surface area contributed by atoms with Gasteiger partial charge in [0.05, 0.1) is 24.2 Å². The summed E-state index contributed by atoms with van der Waals surface area (Å²) in [6.07, 6.45) is -0.437. The molecule has 3 amide bonds. The summed E-state index contributed by atoms with van der Waals surface area (Å²) < 4.78 is 0. The number of nitrogens with one attached hydrogen (secondary N) is 2. The number of hydroxylamine groups is 1. The number of carboxylic acids is 2. The first-order valence-corrected chi connectivity index (χ1v) is 9.62. The molecular formula is C17H21N4O8S-. The molecule has 6 N–H and O–H groups in total. The zero-order valence-corrected chi connectivity index (χ0v) is 16.6. The Balaban J connectivity index is 2.71. The number of carbonyl (C=O) groups is 5. The highest BCUT2D eigenvalue weighted by atomic mass is 32.2. The van der Waals surface area contributed by atoms with E-state index >= 15 is 0 Å². The molecule has 30 heavy (non-hydrogen) atoms. The fraction of sp³-hybridized carbons (Fsp3) is 0.353. The predicted molar refractivity (Wildman–Crippen MR) is 99.4 cm³/mol. The molecule has 1 aromatic carbocycles. The fourth-order valence-electron chi connectivity index (χ4n) is 2.05. The van der Waals surface area contributed by atoms with Crippen molar-refractivity contribution in [3.05, 3.63) is 30.3 Å². The highest BCUT2D eigenvalue weighted by molar-refractivity contribution is 8.13. The quantitative estimate of drug-likeness (QED) is 0.196. The number of rotatable bonds is 11. The summed E-state index contributed by atoms with van der Waals surface area (Å²) in [4.78, 5) is 57.4. The van der Waals surface area contributed by atoms with Gasteiger partial charge in [-0.3, -0.25) is 19.6 Å². The standard InChI is InChI=1S/C17H22N4O8S/c18-11(16(26)27)6-7-13(22)20-12(15(25)19-8-14(23)24)9-30-17(28)21(29)10-4-2-1-3-5-10/h1-5,11-12,29H,6-9,18H2,(H,19,25)(H,20,22)(H,23,24)(H,26,27)/p-1. The molecule has 164 valence electrons. The molecule has 0 aliphatic heterocycles. The molecular weight excluding hydrogens is 420 g/mol. The Morgan fingerprint density at radius 3 is 2.33 bits per heavy atom. The van der Waals surface area contributed by atoms with Crippen molar-refractivity contribution in [3.8, 4) is 0 Å². The Kier molecular flexibility index (Phi) is 10.3. The molecule has 2 unspecified atom stereocenters. The lowest BCUT2D eigenvalue weighted by Gasteiger charge is -2.20. The van der Waals surface area contributed by atoms with E-state index in [-0.39, 0.29) is 24.3 Å². The summed E-state index contributed by atoms with van der Waals surface area (Å²) in [7, 11) is 0. The molecule has 0 heterocycles. The Bertz CT molecular complexity index is 776. The number of carbonyl (C=O) groups excluding carboxylic acids is 5. The average molecular weight is 441 g/mol. The van der Waals surface area contributed by atoms with E-state index < -0.39 is 47.6 Å². The van der Waals surface area contributed by atoms with E-state index in [9.17, 15) is 39.4 Å². The Labute approximate surface area is 175 Å². The van der Waals surface area contributed by atoms with Gasteiger partial charge in [-0.1, -0.05) is 30.0 Å². The molecule has 2 atom stereocenters. The molecule has 13 heteroatoms.